The third kappa shape index (κ3) is 3.47. The van der Waals surface area contributed by atoms with Crippen molar-refractivity contribution in [3.05, 3.63) is 42.0 Å². The van der Waals surface area contributed by atoms with Gasteiger partial charge in [0.15, 0.2) is 0 Å². The molecule has 2 nitrogen and oxygen atoms in total. The van der Waals surface area contributed by atoms with Crippen LogP contribution in [0.4, 0.5) is 0 Å². The predicted octanol–water partition coefficient (Wildman–Crippen LogP) is 1.70. The second-order valence-corrected chi connectivity index (χ2v) is 3.35. The molecule has 0 unspecified atom stereocenters. The van der Waals surface area contributed by atoms with Gasteiger partial charge in [-0.1, -0.05) is 0 Å². The Morgan fingerprint density at radius 2 is 2.07 bits per heavy atom. The molecule has 0 saturated heterocycles. The van der Waals surface area contributed by atoms with Crippen molar-refractivity contribution in [3.63, 3.8) is 0 Å². The molecule has 3 heteroatoms. The van der Waals surface area contributed by atoms with Crippen molar-refractivity contribution in [1.82, 2.24) is 0 Å². The summed E-state index contributed by atoms with van der Waals surface area (Å²) >= 11 is 2.82. The van der Waals surface area contributed by atoms with Crippen LogP contribution in [0.25, 0.3) is 5.70 Å². The second-order valence-electron chi connectivity index (χ2n) is 2.72. The van der Waals surface area contributed by atoms with Crippen LogP contribution in [0.5, 0.6) is 0 Å². The molecule has 1 aromatic rings. The van der Waals surface area contributed by atoms with Gasteiger partial charge in [0.25, 0.3) is 0 Å². The molecule has 74 valence electrons. The Kier molecular flexibility index (Phi) is 4.61. The molecule has 0 heterocycles. The molecule has 14 heavy (non-hydrogen) atoms. The van der Waals surface area contributed by atoms with Crippen LogP contribution < -0.4 is 5.73 Å². The maximum atomic E-state index is 5.87. The zero-order valence-electron chi connectivity index (χ0n) is 8.07. The van der Waals surface area contributed by atoms with Gasteiger partial charge in [-0.2, -0.15) is 0 Å². The van der Waals surface area contributed by atoms with Gasteiger partial charge in [0.2, 0.25) is 0 Å². The first-order valence-electron chi connectivity index (χ1n) is 4.43. The Labute approximate surface area is 92.3 Å². The first-order valence-corrected chi connectivity index (χ1v) is 5.07. The minimum atomic E-state index is 0.640. The van der Waals surface area contributed by atoms with E-state index in [0.29, 0.717) is 16.9 Å². The summed E-state index contributed by atoms with van der Waals surface area (Å²) in [6.07, 6.45) is 1.79. The van der Waals surface area contributed by atoms with Crippen molar-refractivity contribution in [2.75, 3.05) is 6.61 Å². The Hall–Kier alpha value is -0.878. The van der Waals surface area contributed by atoms with Crippen LogP contribution in [0.2, 0.25) is 0 Å². The van der Waals surface area contributed by atoms with Gasteiger partial charge in [0.1, 0.15) is 0 Å². The molecule has 0 radical (unpaired) electrons. The van der Waals surface area contributed by atoms with Crippen LogP contribution >= 0.6 is 0 Å². The van der Waals surface area contributed by atoms with E-state index in [9.17, 15) is 0 Å². The summed E-state index contributed by atoms with van der Waals surface area (Å²) in [5, 5.41) is 0. The first kappa shape index (κ1) is 11.2. The van der Waals surface area contributed by atoms with Crippen molar-refractivity contribution < 1.29 is 20.6 Å². The molecule has 0 fully saturated rings. The Bertz CT molecular complexity index is 332. The zero-order valence-corrected chi connectivity index (χ0v) is 9.34. The molecule has 0 spiro atoms. The van der Waals surface area contributed by atoms with Crippen molar-refractivity contribution >= 4 is 10.3 Å². The molecule has 2 N–H and O–H groups in total. The Balaban J connectivity index is 2.75. The van der Waals surface area contributed by atoms with E-state index in [1.54, 1.807) is 6.08 Å². The third-order valence-corrected chi connectivity index (χ3v) is 2.04. The molecule has 1 rings (SSSR count). The number of benzene rings is 1. The van der Waals surface area contributed by atoms with Crippen LogP contribution in [0.1, 0.15) is 12.5 Å². The third-order valence-electron chi connectivity index (χ3n) is 1.67. The van der Waals surface area contributed by atoms with Gasteiger partial charge in [-0.05, 0) is 0 Å². The fourth-order valence-corrected chi connectivity index (χ4v) is 1.41. The van der Waals surface area contributed by atoms with E-state index in [1.165, 1.54) is 0 Å². The van der Waals surface area contributed by atoms with Crippen LogP contribution in [0.3, 0.4) is 0 Å². The number of nitrogens with two attached hydrogens (primary N) is 1. The van der Waals surface area contributed by atoms with E-state index in [-0.39, 0.29) is 0 Å². The molecule has 0 atom stereocenters. The summed E-state index contributed by atoms with van der Waals surface area (Å²) in [5.41, 5.74) is 7.57. The summed E-state index contributed by atoms with van der Waals surface area (Å²) in [5.74, 6) is 0. The van der Waals surface area contributed by atoms with E-state index in [4.69, 9.17) is 10.5 Å². The van der Waals surface area contributed by atoms with Crippen LogP contribution in [-0.2, 0) is 20.6 Å². The molecule has 0 amide bonds. The number of hydrogen-bond acceptors (Lipinski definition) is 2. The van der Waals surface area contributed by atoms with Crippen molar-refractivity contribution in [1.29, 1.82) is 0 Å². The van der Waals surface area contributed by atoms with E-state index < -0.39 is 0 Å². The summed E-state index contributed by atoms with van der Waals surface area (Å²) < 4.78 is 5.96. The van der Waals surface area contributed by atoms with E-state index in [1.807, 2.05) is 37.3 Å². The maximum absolute atomic E-state index is 5.87. The van der Waals surface area contributed by atoms with Crippen molar-refractivity contribution in [2.45, 2.75) is 6.92 Å². The first-order chi connectivity index (χ1) is 6.74. The number of rotatable bonds is 4. The number of ether oxygens (including phenoxy) is 1. The monoisotopic (exact) mass is 227 g/mol. The van der Waals surface area contributed by atoms with Crippen LogP contribution in [-0.4, -0.2) is 11.2 Å². The summed E-state index contributed by atoms with van der Waals surface area (Å²) in [6, 6.07) is 9.80. The van der Waals surface area contributed by atoms with E-state index >= 15 is 0 Å². The van der Waals surface area contributed by atoms with Gasteiger partial charge in [-0.3, -0.25) is 0 Å². The quantitative estimate of drug-likeness (QED) is 0.849. The van der Waals surface area contributed by atoms with Crippen LogP contribution in [0.15, 0.2) is 36.4 Å². The fraction of sp³-hybridized carbons (Fsp3) is 0.182. The molecular weight excluding hydrogens is 214 g/mol. The molecule has 0 bridgehead atoms. The average molecular weight is 227 g/mol. The Morgan fingerprint density at radius 1 is 1.43 bits per heavy atom. The summed E-state index contributed by atoms with van der Waals surface area (Å²) in [6.45, 7) is 2.57. The van der Waals surface area contributed by atoms with Gasteiger partial charge < -0.3 is 0 Å². The summed E-state index contributed by atoms with van der Waals surface area (Å²) in [4.78, 5) is 0. The second kappa shape index (κ2) is 5.77. The van der Waals surface area contributed by atoms with Gasteiger partial charge >= 0.3 is 92.1 Å². The molecule has 0 aliphatic heterocycles. The van der Waals surface area contributed by atoms with Crippen molar-refractivity contribution in [2.24, 2.45) is 5.73 Å². The number of hydrogen-bond donors (Lipinski definition) is 1. The van der Waals surface area contributed by atoms with Crippen LogP contribution in [0, 0.1) is 0 Å². The molecule has 1 aromatic carbocycles. The molecule has 0 saturated carbocycles. The SMILES string of the molecule is CCO[C](=[Cr])/C=C(\N)c1ccccc1. The Morgan fingerprint density at radius 3 is 2.64 bits per heavy atom. The molecule has 0 aliphatic rings. The predicted molar refractivity (Wildman–Crippen MR) is 55.2 cm³/mol. The van der Waals surface area contributed by atoms with E-state index in [2.05, 4.69) is 15.9 Å². The van der Waals surface area contributed by atoms with Gasteiger partial charge in [0, 0.05) is 0 Å². The molecule has 0 aliphatic carbocycles. The molecular formula is C11H13CrNO. The normalized spacial score (nSPS) is 11.4. The molecule has 0 aromatic heterocycles. The summed E-state index contributed by atoms with van der Waals surface area (Å²) in [7, 11) is 0. The van der Waals surface area contributed by atoms with Gasteiger partial charge in [-0.15, -0.1) is 0 Å². The van der Waals surface area contributed by atoms with Crippen molar-refractivity contribution in [3.8, 4) is 0 Å². The fourth-order valence-electron chi connectivity index (χ4n) is 1.02. The van der Waals surface area contributed by atoms with Gasteiger partial charge in [0.05, 0.1) is 0 Å². The van der Waals surface area contributed by atoms with E-state index in [0.717, 1.165) is 5.56 Å². The van der Waals surface area contributed by atoms with Gasteiger partial charge in [-0.25, -0.2) is 0 Å². The average Bonchev–Trinajstić information content (AvgIpc) is 2.19. The topological polar surface area (TPSA) is 35.2 Å². The minimum absolute atomic E-state index is 0.640. The zero-order chi connectivity index (χ0) is 10.4. The standard InChI is InChI=1S/C11H13NO.Cr/c1-2-13-9-8-11(12)10-6-4-3-5-7-10;/h3-8H,2,12H2,1H3;/b11-8-;.